The molecule has 0 aromatic carbocycles. The maximum atomic E-state index is 10.9. The second kappa shape index (κ2) is 6.70. The summed E-state index contributed by atoms with van der Waals surface area (Å²) >= 11 is 0. The summed E-state index contributed by atoms with van der Waals surface area (Å²) in [5, 5.41) is 31.7. The van der Waals surface area contributed by atoms with Gasteiger partial charge in [-0.15, -0.1) is 0 Å². The minimum atomic E-state index is -0.791. The number of hydrogen-bond acceptors (Lipinski definition) is 3. The van der Waals surface area contributed by atoms with Crippen LogP contribution in [-0.4, -0.2) is 33.1 Å². The Morgan fingerprint density at radius 3 is 2.52 bits per heavy atom. The minimum Gasteiger partial charge on any atom is -0.392 e. The van der Waals surface area contributed by atoms with E-state index in [2.05, 4.69) is 26.0 Å². The van der Waals surface area contributed by atoms with Crippen molar-refractivity contribution >= 4 is 0 Å². The molecule has 0 unspecified atom stereocenters. The zero-order valence-electron chi connectivity index (χ0n) is 15.3. The fourth-order valence-electron chi connectivity index (χ4n) is 4.73. The third kappa shape index (κ3) is 4.26. The molecule has 2 aliphatic rings. The molecule has 6 atom stereocenters. The predicted molar refractivity (Wildman–Crippen MR) is 93.9 cm³/mol. The summed E-state index contributed by atoms with van der Waals surface area (Å²) in [7, 11) is 0. The number of aliphatic hydroxyl groups is 3. The van der Waals surface area contributed by atoms with Gasteiger partial charge in [-0.25, -0.2) is 0 Å². The van der Waals surface area contributed by atoms with Crippen LogP contribution in [0.4, 0.5) is 0 Å². The predicted octanol–water partition coefficient (Wildman–Crippen LogP) is 3.44. The smallest absolute Gasteiger partial charge is 0.0728 e. The largest absolute Gasteiger partial charge is 0.392 e. The van der Waals surface area contributed by atoms with Crippen molar-refractivity contribution in [1.29, 1.82) is 0 Å². The zero-order chi connectivity index (χ0) is 17.4. The molecule has 3 heteroatoms. The van der Waals surface area contributed by atoms with Crippen LogP contribution in [0.15, 0.2) is 23.8 Å². The van der Waals surface area contributed by atoms with Crippen molar-refractivity contribution in [1.82, 2.24) is 0 Å². The quantitative estimate of drug-likeness (QED) is 0.648. The molecule has 1 fully saturated rings. The summed E-state index contributed by atoms with van der Waals surface area (Å²) in [6.45, 7) is 10.0. The number of rotatable bonds is 1. The Balaban J connectivity index is 2.41. The third-order valence-electron chi connectivity index (χ3n) is 5.94. The van der Waals surface area contributed by atoms with E-state index < -0.39 is 17.8 Å². The fourth-order valence-corrected chi connectivity index (χ4v) is 4.73. The second-order valence-electron chi connectivity index (χ2n) is 8.75. The van der Waals surface area contributed by atoms with Gasteiger partial charge >= 0.3 is 0 Å². The first-order valence-electron chi connectivity index (χ1n) is 8.98. The highest BCUT2D eigenvalue weighted by molar-refractivity contribution is 5.15. The average Bonchev–Trinajstić information content (AvgIpc) is 2.73. The molecule has 0 radical (unpaired) electrons. The Kier molecular flexibility index (Phi) is 5.44. The van der Waals surface area contributed by atoms with Gasteiger partial charge in [0, 0.05) is 0 Å². The SMILES string of the molecule is CC1=C[C@H](O)C[C@@H](C)C=C[C@@]2(C)CC[C@@H](C(C)(C)O)[C@@H]2[C@@H](O)C1. The third-order valence-corrected chi connectivity index (χ3v) is 5.94. The molecule has 23 heavy (non-hydrogen) atoms. The number of allylic oxidation sites excluding steroid dienone is 2. The van der Waals surface area contributed by atoms with Gasteiger partial charge in [0.1, 0.15) is 0 Å². The Hall–Kier alpha value is -0.640. The number of hydrogen-bond donors (Lipinski definition) is 3. The van der Waals surface area contributed by atoms with Crippen LogP contribution in [0, 0.1) is 23.2 Å². The van der Waals surface area contributed by atoms with Gasteiger partial charge in [0.25, 0.3) is 0 Å². The molecular formula is C20H34O3. The Morgan fingerprint density at radius 1 is 1.26 bits per heavy atom. The van der Waals surface area contributed by atoms with Crippen molar-refractivity contribution in [3.63, 3.8) is 0 Å². The van der Waals surface area contributed by atoms with Gasteiger partial charge in [0.2, 0.25) is 0 Å². The standard InChI is InChI=1S/C20H34O3/c1-13-6-8-20(5)9-7-16(19(3,4)23)18(20)17(22)12-14(2)11-15(21)10-13/h6,8,11,13,15-18,21-23H,7,9-10,12H2,1-5H3/t13-,15+,16+,17-,18+,20-/m0/s1. The summed E-state index contributed by atoms with van der Waals surface area (Å²) in [5.74, 6) is 0.411. The van der Waals surface area contributed by atoms with E-state index in [1.165, 1.54) is 0 Å². The van der Waals surface area contributed by atoms with Crippen LogP contribution in [0.25, 0.3) is 0 Å². The van der Waals surface area contributed by atoms with E-state index in [4.69, 9.17) is 0 Å². The van der Waals surface area contributed by atoms with E-state index in [0.717, 1.165) is 18.4 Å². The molecule has 2 aliphatic carbocycles. The Morgan fingerprint density at radius 2 is 1.91 bits per heavy atom. The van der Waals surface area contributed by atoms with Gasteiger partial charge in [-0.1, -0.05) is 37.6 Å². The summed E-state index contributed by atoms with van der Waals surface area (Å²) in [4.78, 5) is 0. The highest BCUT2D eigenvalue weighted by atomic mass is 16.3. The van der Waals surface area contributed by atoms with Crippen molar-refractivity contribution in [2.24, 2.45) is 23.2 Å². The molecule has 2 rings (SSSR count). The molecular weight excluding hydrogens is 288 g/mol. The van der Waals surface area contributed by atoms with Crippen LogP contribution in [0.2, 0.25) is 0 Å². The van der Waals surface area contributed by atoms with Gasteiger partial charge < -0.3 is 15.3 Å². The van der Waals surface area contributed by atoms with Gasteiger partial charge in [-0.05, 0) is 69.6 Å². The Bertz CT molecular complexity index is 474. The highest BCUT2D eigenvalue weighted by Gasteiger charge is 2.51. The van der Waals surface area contributed by atoms with E-state index in [-0.39, 0.29) is 17.3 Å². The zero-order valence-corrected chi connectivity index (χ0v) is 15.3. The average molecular weight is 322 g/mol. The van der Waals surface area contributed by atoms with Gasteiger partial charge in [-0.2, -0.15) is 0 Å². The van der Waals surface area contributed by atoms with E-state index in [1.807, 2.05) is 26.8 Å². The van der Waals surface area contributed by atoms with Crippen molar-refractivity contribution in [3.05, 3.63) is 23.8 Å². The van der Waals surface area contributed by atoms with Crippen LogP contribution >= 0.6 is 0 Å². The second-order valence-corrected chi connectivity index (χ2v) is 8.75. The number of aliphatic hydroxyl groups excluding tert-OH is 2. The molecule has 0 saturated heterocycles. The maximum absolute atomic E-state index is 10.9. The monoisotopic (exact) mass is 322 g/mol. The lowest BCUT2D eigenvalue weighted by Gasteiger charge is -2.40. The molecule has 0 spiro atoms. The molecule has 0 aromatic rings. The molecule has 0 aliphatic heterocycles. The summed E-state index contributed by atoms with van der Waals surface area (Å²) in [5.41, 5.74) is 0.136. The van der Waals surface area contributed by atoms with E-state index in [1.54, 1.807) is 0 Å². The number of fused-ring (bicyclic) bond motifs is 1. The van der Waals surface area contributed by atoms with Gasteiger partial charge in [0.05, 0.1) is 17.8 Å². The van der Waals surface area contributed by atoms with Crippen molar-refractivity contribution in [2.45, 2.75) is 78.1 Å². The minimum absolute atomic E-state index is 0.0320. The summed E-state index contributed by atoms with van der Waals surface area (Å²) in [6.07, 6.45) is 8.53. The fraction of sp³-hybridized carbons (Fsp3) is 0.800. The first-order chi connectivity index (χ1) is 10.5. The van der Waals surface area contributed by atoms with E-state index >= 15 is 0 Å². The lowest BCUT2D eigenvalue weighted by atomic mass is 9.68. The lowest BCUT2D eigenvalue weighted by molar-refractivity contribution is -0.0509. The first-order valence-corrected chi connectivity index (χ1v) is 8.98. The summed E-state index contributed by atoms with van der Waals surface area (Å²) in [6, 6.07) is 0. The normalized spacial score (nSPS) is 42.8. The maximum Gasteiger partial charge on any atom is 0.0728 e. The first kappa shape index (κ1) is 18.7. The molecule has 1 saturated carbocycles. The van der Waals surface area contributed by atoms with Gasteiger partial charge in [0.15, 0.2) is 0 Å². The van der Waals surface area contributed by atoms with Crippen LogP contribution in [-0.2, 0) is 0 Å². The molecule has 0 amide bonds. The molecule has 132 valence electrons. The van der Waals surface area contributed by atoms with Crippen LogP contribution < -0.4 is 0 Å². The van der Waals surface area contributed by atoms with Crippen LogP contribution in [0.3, 0.4) is 0 Å². The van der Waals surface area contributed by atoms with E-state index in [9.17, 15) is 15.3 Å². The molecule has 0 aromatic heterocycles. The molecule has 3 nitrogen and oxygen atoms in total. The molecule has 3 N–H and O–H groups in total. The molecule has 0 bridgehead atoms. The van der Waals surface area contributed by atoms with Gasteiger partial charge in [-0.3, -0.25) is 0 Å². The van der Waals surface area contributed by atoms with Crippen molar-refractivity contribution < 1.29 is 15.3 Å². The van der Waals surface area contributed by atoms with E-state index in [0.29, 0.717) is 18.8 Å². The Labute approximate surface area is 141 Å². The van der Waals surface area contributed by atoms with Crippen molar-refractivity contribution in [3.8, 4) is 0 Å². The van der Waals surface area contributed by atoms with Crippen molar-refractivity contribution in [2.75, 3.05) is 0 Å². The topological polar surface area (TPSA) is 60.7 Å². The molecule has 0 heterocycles. The summed E-state index contributed by atoms with van der Waals surface area (Å²) < 4.78 is 0. The van der Waals surface area contributed by atoms with Crippen LogP contribution in [0.1, 0.15) is 60.3 Å². The lowest BCUT2D eigenvalue weighted by Crippen LogP contribution is -2.43. The van der Waals surface area contributed by atoms with Crippen LogP contribution in [0.5, 0.6) is 0 Å². The highest BCUT2D eigenvalue weighted by Crippen LogP contribution is 2.54.